The molecule has 27 heavy (non-hydrogen) atoms. The van der Waals surface area contributed by atoms with E-state index in [9.17, 15) is 4.79 Å². The lowest BCUT2D eigenvalue weighted by atomic mass is 10.1. The molecule has 2 aromatic rings. The molecule has 2 heterocycles. The maximum Gasteiger partial charge on any atom is 0.292 e. The maximum absolute atomic E-state index is 13.1. The summed E-state index contributed by atoms with van der Waals surface area (Å²) in [6.45, 7) is 10.8. The second kappa shape index (κ2) is 8.05. The van der Waals surface area contributed by atoms with Gasteiger partial charge in [-0.25, -0.2) is 9.97 Å². The molecule has 1 aromatic heterocycles. The Morgan fingerprint density at radius 2 is 2.00 bits per heavy atom. The highest BCUT2D eigenvalue weighted by Crippen LogP contribution is 2.24. The number of amides is 1. The van der Waals surface area contributed by atoms with Crippen molar-refractivity contribution in [3.8, 4) is 0 Å². The number of hydrogen-bond acceptors (Lipinski definition) is 5. The van der Waals surface area contributed by atoms with Gasteiger partial charge in [0.25, 0.3) is 5.91 Å². The molecule has 6 nitrogen and oxygen atoms in total. The van der Waals surface area contributed by atoms with Gasteiger partial charge >= 0.3 is 0 Å². The number of anilines is 1. The molecule has 6 heteroatoms. The Balaban J connectivity index is 1.88. The van der Waals surface area contributed by atoms with Gasteiger partial charge in [-0.15, -0.1) is 0 Å². The molecule has 3 rings (SSSR count). The SMILES string of the molecule is CCN(Cc1ccccc1C)C(=O)c1nc(C)c(C)c(N2CC[C@@H](N)C2)n1. The minimum Gasteiger partial charge on any atom is -0.355 e. The first-order valence-electron chi connectivity index (χ1n) is 9.60. The van der Waals surface area contributed by atoms with E-state index >= 15 is 0 Å². The third kappa shape index (κ3) is 4.11. The van der Waals surface area contributed by atoms with E-state index in [1.165, 1.54) is 5.56 Å². The van der Waals surface area contributed by atoms with Crippen LogP contribution in [0.5, 0.6) is 0 Å². The van der Waals surface area contributed by atoms with Crippen molar-refractivity contribution < 1.29 is 4.79 Å². The molecule has 1 aromatic carbocycles. The summed E-state index contributed by atoms with van der Waals surface area (Å²) < 4.78 is 0. The molecule has 0 unspecified atom stereocenters. The summed E-state index contributed by atoms with van der Waals surface area (Å²) in [5.41, 5.74) is 10.2. The summed E-state index contributed by atoms with van der Waals surface area (Å²) in [7, 11) is 0. The zero-order valence-electron chi connectivity index (χ0n) is 16.7. The lowest BCUT2D eigenvalue weighted by molar-refractivity contribution is 0.0739. The van der Waals surface area contributed by atoms with Gasteiger partial charge in [0.2, 0.25) is 5.82 Å². The van der Waals surface area contributed by atoms with Crippen LogP contribution in [0.1, 0.15) is 46.3 Å². The van der Waals surface area contributed by atoms with Crippen LogP contribution in [0.4, 0.5) is 5.82 Å². The van der Waals surface area contributed by atoms with Crippen LogP contribution in [-0.4, -0.2) is 46.5 Å². The van der Waals surface area contributed by atoms with Gasteiger partial charge in [-0.1, -0.05) is 24.3 Å². The van der Waals surface area contributed by atoms with Gasteiger partial charge in [0, 0.05) is 43.5 Å². The molecule has 0 bridgehead atoms. The first-order chi connectivity index (χ1) is 12.9. The Bertz CT molecular complexity index is 835. The lowest BCUT2D eigenvalue weighted by Crippen LogP contribution is -2.33. The maximum atomic E-state index is 13.1. The minimum absolute atomic E-state index is 0.131. The number of aryl methyl sites for hydroxylation is 2. The average Bonchev–Trinajstić information content (AvgIpc) is 3.08. The molecule has 144 valence electrons. The Kier molecular flexibility index (Phi) is 5.75. The Morgan fingerprint density at radius 3 is 2.63 bits per heavy atom. The van der Waals surface area contributed by atoms with Crippen molar-refractivity contribution in [3.63, 3.8) is 0 Å². The highest BCUT2D eigenvalue weighted by Gasteiger charge is 2.26. The van der Waals surface area contributed by atoms with E-state index < -0.39 is 0 Å². The molecule has 0 spiro atoms. The van der Waals surface area contributed by atoms with E-state index in [0.29, 0.717) is 13.1 Å². The molecule has 0 aliphatic carbocycles. The molecular formula is C21H29N5O. The fourth-order valence-corrected chi connectivity index (χ4v) is 3.46. The third-order valence-electron chi connectivity index (χ3n) is 5.37. The standard InChI is InChI=1S/C21H29N5O/c1-5-25(12-17-9-7-6-8-14(17)2)21(27)19-23-16(4)15(3)20(24-19)26-11-10-18(22)13-26/h6-9,18H,5,10-13,22H2,1-4H3/t18-/m1/s1. The topological polar surface area (TPSA) is 75.4 Å². The van der Waals surface area contributed by atoms with Gasteiger partial charge in [0.05, 0.1) is 0 Å². The summed E-state index contributed by atoms with van der Waals surface area (Å²) in [6, 6.07) is 8.29. The summed E-state index contributed by atoms with van der Waals surface area (Å²) in [6.07, 6.45) is 0.945. The second-order valence-corrected chi connectivity index (χ2v) is 7.32. The molecular weight excluding hydrogens is 338 g/mol. The van der Waals surface area contributed by atoms with Crippen molar-refractivity contribution in [2.75, 3.05) is 24.5 Å². The van der Waals surface area contributed by atoms with Crippen molar-refractivity contribution in [2.24, 2.45) is 5.73 Å². The Morgan fingerprint density at radius 1 is 1.26 bits per heavy atom. The van der Waals surface area contributed by atoms with Crippen LogP contribution in [0, 0.1) is 20.8 Å². The molecule has 1 fully saturated rings. The summed E-state index contributed by atoms with van der Waals surface area (Å²) in [5.74, 6) is 0.975. The Labute approximate surface area is 161 Å². The van der Waals surface area contributed by atoms with E-state index in [1.807, 2.05) is 32.9 Å². The first-order valence-corrected chi connectivity index (χ1v) is 9.60. The first kappa shape index (κ1) is 19.3. The second-order valence-electron chi connectivity index (χ2n) is 7.32. The largest absolute Gasteiger partial charge is 0.355 e. The number of nitrogens with two attached hydrogens (primary N) is 1. The predicted octanol–water partition coefficient (Wildman–Crippen LogP) is 2.60. The number of nitrogens with zero attached hydrogens (tertiary/aromatic N) is 4. The summed E-state index contributed by atoms with van der Waals surface area (Å²) in [5, 5.41) is 0. The normalized spacial score (nSPS) is 16.6. The number of aromatic nitrogens is 2. The molecule has 0 radical (unpaired) electrons. The van der Waals surface area contributed by atoms with Crippen LogP contribution < -0.4 is 10.6 Å². The van der Waals surface area contributed by atoms with Crippen LogP contribution in [0.2, 0.25) is 0 Å². The fourth-order valence-electron chi connectivity index (χ4n) is 3.46. The van der Waals surface area contributed by atoms with Gasteiger partial charge in [-0.2, -0.15) is 0 Å². The molecule has 1 aliphatic rings. The minimum atomic E-state index is -0.131. The van der Waals surface area contributed by atoms with Crippen LogP contribution in [-0.2, 0) is 6.54 Å². The fraction of sp³-hybridized carbons (Fsp3) is 0.476. The van der Waals surface area contributed by atoms with Crippen molar-refractivity contribution in [1.82, 2.24) is 14.9 Å². The van der Waals surface area contributed by atoms with E-state index in [0.717, 1.165) is 42.1 Å². The van der Waals surface area contributed by atoms with Crippen molar-refractivity contribution in [3.05, 3.63) is 52.5 Å². The predicted molar refractivity (Wildman–Crippen MR) is 108 cm³/mol. The molecule has 1 saturated heterocycles. The average molecular weight is 367 g/mol. The van der Waals surface area contributed by atoms with Gasteiger partial charge < -0.3 is 15.5 Å². The number of benzene rings is 1. The molecule has 1 atom stereocenters. The van der Waals surface area contributed by atoms with Crippen LogP contribution >= 0.6 is 0 Å². The van der Waals surface area contributed by atoms with E-state index in [2.05, 4.69) is 33.9 Å². The summed E-state index contributed by atoms with van der Waals surface area (Å²) >= 11 is 0. The number of hydrogen-bond donors (Lipinski definition) is 1. The van der Waals surface area contributed by atoms with Crippen molar-refractivity contribution >= 4 is 11.7 Å². The molecule has 1 amide bonds. The number of carbonyl (C=O) groups is 1. The van der Waals surface area contributed by atoms with Gasteiger partial charge in [-0.3, -0.25) is 4.79 Å². The van der Waals surface area contributed by atoms with Gasteiger partial charge in [-0.05, 0) is 45.2 Å². The lowest BCUT2D eigenvalue weighted by Gasteiger charge is -2.24. The molecule has 2 N–H and O–H groups in total. The Hall–Kier alpha value is -2.47. The zero-order chi connectivity index (χ0) is 19.6. The smallest absolute Gasteiger partial charge is 0.292 e. The monoisotopic (exact) mass is 367 g/mol. The van der Waals surface area contributed by atoms with Crippen molar-refractivity contribution in [2.45, 2.75) is 46.7 Å². The van der Waals surface area contributed by atoms with E-state index in [4.69, 9.17) is 5.73 Å². The highest BCUT2D eigenvalue weighted by atomic mass is 16.2. The number of carbonyl (C=O) groups excluding carboxylic acids is 1. The quantitative estimate of drug-likeness (QED) is 0.879. The van der Waals surface area contributed by atoms with Crippen molar-refractivity contribution in [1.29, 1.82) is 0 Å². The van der Waals surface area contributed by atoms with Crippen LogP contribution in [0.3, 0.4) is 0 Å². The van der Waals surface area contributed by atoms with Gasteiger partial charge in [0.15, 0.2) is 0 Å². The van der Waals surface area contributed by atoms with E-state index in [-0.39, 0.29) is 17.8 Å². The summed E-state index contributed by atoms with van der Waals surface area (Å²) in [4.78, 5) is 26.3. The number of rotatable bonds is 5. The third-order valence-corrected chi connectivity index (χ3v) is 5.37. The van der Waals surface area contributed by atoms with E-state index in [1.54, 1.807) is 4.90 Å². The zero-order valence-corrected chi connectivity index (χ0v) is 16.7. The van der Waals surface area contributed by atoms with Gasteiger partial charge in [0.1, 0.15) is 5.82 Å². The van der Waals surface area contributed by atoms with Crippen LogP contribution in [0.25, 0.3) is 0 Å². The molecule has 1 aliphatic heterocycles. The molecule has 0 saturated carbocycles. The highest BCUT2D eigenvalue weighted by molar-refractivity contribution is 5.91. The van der Waals surface area contributed by atoms with Crippen LogP contribution in [0.15, 0.2) is 24.3 Å².